The summed E-state index contributed by atoms with van der Waals surface area (Å²) in [6.07, 6.45) is -2.10. The van der Waals surface area contributed by atoms with Crippen LogP contribution in [-0.4, -0.2) is 27.8 Å². The van der Waals surface area contributed by atoms with Gasteiger partial charge in [0.05, 0.1) is 0 Å². The van der Waals surface area contributed by atoms with E-state index in [1.165, 1.54) is 36.8 Å². The molecule has 3 N–H and O–H groups in total. The molecule has 142 valence electrons. The number of carbonyl (C=O) groups excluding carboxylic acids is 1. The first-order chi connectivity index (χ1) is 11.9. The van der Waals surface area contributed by atoms with Gasteiger partial charge in [-0.1, -0.05) is 12.1 Å². The molecule has 0 saturated carbocycles. The molecule has 1 aromatic heterocycles. The normalized spacial score (nSPS) is 11.2. The topological polar surface area (TPSA) is 90.1 Å². The number of hydrogen-bond acceptors (Lipinski definition) is 5. The second kappa shape index (κ2) is 9.14. The van der Waals surface area contributed by atoms with Crippen LogP contribution < -0.4 is 15.8 Å². The fourth-order valence-corrected chi connectivity index (χ4v) is 1.55. The Balaban J connectivity index is 0.000000597. The van der Waals surface area contributed by atoms with Gasteiger partial charge in [0, 0.05) is 18.3 Å². The average molecular weight is 370 g/mol. The molecule has 6 nitrogen and oxygen atoms in total. The lowest BCUT2D eigenvalue weighted by molar-refractivity contribution is -0.274. The standard InChI is InChI=1S/C13H10F3N3O2.C4H11N/c14-13(15,16)21-10-3-1-2-9(6-10)7-18-12(20)11-4-5-17-8-19-11;1-4(2,3)5/h1-6,8H,7H2,(H,18,20);5H2,1-3H3. The number of halogens is 3. The Bertz CT molecular complexity index is 695. The van der Waals surface area contributed by atoms with E-state index in [1.54, 1.807) is 6.07 Å². The van der Waals surface area contributed by atoms with Crippen molar-refractivity contribution >= 4 is 5.91 Å². The van der Waals surface area contributed by atoms with Crippen LogP contribution in [0.15, 0.2) is 42.9 Å². The number of nitrogens with zero attached hydrogens (tertiary/aromatic N) is 2. The zero-order chi connectivity index (χ0) is 19.8. The number of rotatable bonds is 4. The summed E-state index contributed by atoms with van der Waals surface area (Å²) in [4.78, 5) is 19.2. The van der Waals surface area contributed by atoms with E-state index in [1.807, 2.05) is 20.8 Å². The molecule has 0 bridgehead atoms. The van der Waals surface area contributed by atoms with Gasteiger partial charge in [-0.2, -0.15) is 0 Å². The maximum absolute atomic E-state index is 12.1. The van der Waals surface area contributed by atoms with Gasteiger partial charge in [0.15, 0.2) is 0 Å². The van der Waals surface area contributed by atoms with E-state index < -0.39 is 12.3 Å². The average Bonchev–Trinajstić information content (AvgIpc) is 2.50. The molecular weight excluding hydrogens is 349 g/mol. The lowest BCUT2D eigenvalue weighted by atomic mass is 10.1. The predicted octanol–water partition coefficient (Wildman–Crippen LogP) is 3.05. The van der Waals surface area contributed by atoms with E-state index in [-0.39, 0.29) is 23.5 Å². The summed E-state index contributed by atoms with van der Waals surface area (Å²) in [6, 6.07) is 6.80. The molecule has 0 unspecified atom stereocenters. The number of benzene rings is 1. The van der Waals surface area contributed by atoms with Crippen molar-refractivity contribution in [3.63, 3.8) is 0 Å². The maximum Gasteiger partial charge on any atom is 0.573 e. The fourth-order valence-electron chi connectivity index (χ4n) is 1.55. The minimum atomic E-state index is -4.75. The molecule has 0 radical (unpaired) electrons. The summed E-state index contributed by atoms with van der Waals surface area (Å²) in [5.74, 6) is -0.782. The van der Waals surface area contributed by atoms with Crippen molar-refractivity contribution in [1.82, 2.24) is 15.3 Å². The van der Waals surface area contributed by atoms with Crippen molar-refractivity contribution < 1.29 is 22.7 Å². The van der Waals surface area contributed by atoms with Crippen LogP contribution in [-0.2, 0) is 6.54 Å². The number of carbonyl (C=O) groups is 1. The molecule has 0 aliphatic heterocycles. The summed E-state index contributed by atoms with van der Waals surface area (Å²) < 4.78 is 40.1. The van der Waals surface area contributed by atoms with Crippen LogP contribution in [0.1, 0.15) is 36.8 Å². The number of ether oxygens (including phenoxy) is 1. The van der Waals surface area contributed by atoms with Crippen LogP contribution in [0.3, 0.4) is 0 Å². The molecule has 0 atom stereocenters. The molecule has 1 amide bonds. The third-order valence-corrected chi connectivity index (χ3v) is 2.40. The number of alkyl halides is 3. The number of amides is 1. The monoisotopic (exact) mass is 370 g/mol. The molecule has 0 aliphatic carbocycles. The molecule has 1 heterocycles. The Labute approximate surface area is 149 Å². The highest BCUT2D eigenvalue weighted by Crippen LogP contribution is 2.23. The summed E-state index contributed by atoms with van der Waals surface area (Å²) in [5, 5.41) is 2.54. The Hall–Kier alpha value is -2.68. The van der Waals surface area contributed by atoms with E-state index >= 15 is 0 Å². The van der Waals surface area contributed by atoms with E-state index in [0.29, 0.717) is 5.56 Å². The molecule has 2 aromatic rings. The SMILES string of the molecule is CC(C)(C)N.O=C(NCc1cccc(OC(F)(F)F)c1)c1ccncn1. The number of hydrogen-bond donors (Lipinski definition) is 2. The number of nitrogens with one attached hydrogen (secondary N) is 1. The van der Waals surface area contributed by atoms with Crippen LogP contribution in [0.5, 0.6) is 5.75 Å². The first-order valence-corrected chi connectivity index (χ1v) is 7.62. The highest BCUT2D eigenvalue weighted by Gasteiger charge is 2.31. The number of aromatic nitrogens is 2. The van der Waals surface area contributed by atoms with Gasteiger partial charge >= 0.3 is 6.36 Å². The molecule has 9 heteroatoms. The van der Waals surface area contributed by atoms with Gasteiger partial charge in [-0.25, -0.2) is 9.97 Å². The van der Waals surface area contributed by atoms with Crippen LogP contribution in [0.25, 0.3) is 0 Å². The lowest BCUT2D eigenvalue weighted by Gasteiger charge is -2.10. The maximum atomic E-state index is 12.1. The van der Waals surface area contributed by atoms with Crippen molar-refractivity contribution in [2.75, 3.05) is 0 Å². The molecule has 26 heavy (non-hydrogen) atoms. The summed E-state index contributed by atoms with van der Waals surface area (Å²) >= 11 is 0. The van der Waals surface area contributed by atoms with Crippen LogP contribution in [0.4, 0.5) is 13.2 Å². The van der Waals surface area contributed by atoms with Crippen molar-refractivity contribution in [1.29, 1.82) is 0 Å². The first kappa shape index (κ1) is 21.4. The summed E-state index contributed by atoms with van der Waals surface area (Å²) in [6.45, 7) is 5.95. The van der Waals surface area contributed by atoms with Crippen molar-refractivity contribution in [2.45, 2.75) is 39.2 Å². The van der Waals surface area contributed by atoms with Crippen molar-refractivity contribution in [3.05, 3.63) is 54.1 Å². The van der Waals surface area contributed by atoms with E-state index in [4.69, 9.17) is 5.73 Å². The van der Waals surface area contributed by atoms with Gasteiger partial charge < -0.3 is 15.8 Å². The van der Waals surface area contributed by atoms with Gasteiger partial charge in [-0.3, -0.25) is 4.79 Å². The highest BCUT2D eigenvalue weighted by molar-refractivity contribution is 5.91. The zero-order valence-corrected chi connectivity index (χ0v) is 14.7. The predicted molar refractivity (Wildman–Crippen MR) is 90.3 cm³/mol. The third-order valence-electron chi connectivity index (χ3n) is 2.40. The molecule has 0 fully saturated rings. The fraction of sp³-hybridized carbons (Fsp3) is 0.353. The highest BCUT2D eigenvalue weighted by atomic mass is 19.4. The molecule has 0 aliphatic rings. The molecular formula is C17H21F3N4O2. The van der Waals surface area contributed by atoms with Crippen LogP contribution >= 0.6 is 0 Å². The third kappa shape index (κ3) is 10.2. The van der Waals surface area contributed by atoms with E-state index in [9.17, 15) is 18.0 Å². The molecule has 1 aromatic carbocycles. The smallest absolute Gasteiger partial charge is 0.406 e. The Kier molecular flexibility index (Phi) is 7.51. The Morgan fingerprint density at radius 1 is 1.23 bits per heavy atom. The number of nitrogens with two attached hydrogens (primary N) is 1. The Morgan fingerprint density at radius 2 is 1.88 bits per heavy atom. The molecule has 0 spiro atoms. The minimum absolute atomic E-state index is 0. The van der Waals surface area contributed by atoms with Crippen LogP contribution in [0, 0.1) is 0 Å². The summed E-state index contributed by atoms with van der Waals surface area (Å²) in [5.41, 5.74) is 6.00. The van der Waals surface area contributed by atoms with Crippen molar-refractivity contribution in [3.8, 4) is 5.75 Å². The van der Waals surface area contributed by atoms with Gasteiger partial charge in [-0.05, 0) is 44.5 Å². The largest absolute Gasteiger partial charge is 0.573 e. The Morgan fingerprint density at radius 3 is 2.42 bits per heavy atom. The van der Waals surface area contributed by atoms with E-state index in [0.717, 1.165) is 0 Å². The van der Waals surface area contributed by atoms with E-state index in [2.05, 4.69) is 20.0 Å². The molecule has 2 rings (SSSR count). The van der Waals surface area contributed by atoms with Gasteiger partial charge in [0.1, 0.15) is 17.8 Å². The van der Waals surface area contributed by atoms with Gasteiger partial charge in [0.25, 0.3) is 5.91 Å². The molecule has 0 saturated heterocycles. The van der Waals surface area contributed by atoms with Crippen molar-refractivity contribution in [2.24, 2.45) is 5.73 Å². The quantitative estimate of drug-likeness (QED) is 0.863. The first-order valence-electron chi connectivity index (χ1n) is 7.62. The second-order valence-electron chi connectivity index (χ2n) is 6.34. The second-order valence-corrected chi connectivity index (χ2v) is 6.34. The van der Waals surface area contributed by atoms with Gasteiger partial charge in [-0.15, -0.1) is 13.2 Å². The van der Waals surface area contributed by atoms with Gasteiger partial charge in [0.2, 0.25) is 0 Å². The summed E-state index contributed by atoms with van der Waals surface area (Å²) in [7, 11) is 0. The van der Waals surface area contributed by atoms with Crippen LogP contribution in [0.2, 0.25) is 0 Å². The minimum Gasteiger partial charge on any atom is -0.406 e. The lowest BCUT2D eigenvalue weighted by Crippen LogP contribution is -2.26. The zero-order valence-electron chi connectivity index (χ0n) is 14.7.